The Morgan fingerprint density at radius 2 is 1.89 bits per heavy atom. The number of ether oxygens (including phenoxy) is 8. The first-order chi connectivity index (χ1) is 25.5. The van der Waals surface area contributed by atoms with Crippen molar-refractivity contribution in [1.82, 2.24) is 0 Å². The summed E-state index contributed by atoms with van der Waals surface area (Å²) in [4.78, 5) is 13.9. The number of nitrogens with two attached hydrogens (primary N) is 1. The number of carbonyl (C=O) groups is 1. The Kier molecular flexibility index (Phi) is 9.08. The summed E-state index contributed by atoms with van der Waals surface area (Å²) in [7, 11) is 0. The molecular formula is C41H54N2O10. The van der Waals surface area contributed by atoms with Gasteiger partial charge in [-0.25, -0.2) is 0 Å². The van der Waals surface area contributed by atoms with Gasteiger partial charge in [-0.15, -0.1) is 0 Å². The number of hydrogen-bond acceptors (Lipinski definition) is 12. The molecule has 288 valence electrons. The summed E-state index contributed by atoms with van der Waals surface area (Å²) in [6, 6.07) is 0. The average Bonchev–Trinajstić information content (AvgIpc) is 3.72. The van der Waals surface area contributed by atoms with E-state index >= 15 is 0 Å². The summed E-state index contributed by atoms with van der Waals surface area (Å²) in [5.74, 6) is 0.906. The number of aliphatic hydroxyl groups is 1. The summed E-state index contributed by atoms with van der Waals surface area (Å²) in [5.41, 5.74) is 6.98. The number of aliphatic hydroxyl groups excluding tert-OH is 1. The topological polar surface area (TPSA) is 161 Å². The molecule has 13 atom stereocenters. The quantitative estimate of drug-likeness (QED) is 0.270. The van der Waals surface area contributed by atoms with Crippen molar-refractivity contribution in [2.75, 3.05) is 13.2 Å². The zero-order chi connectivity index (χ0) is 36.7. The van der Waals surface area contributed by atoms with Crippen molar-refractivity contribution in [3.63, 3.8) is 0 Å². The molecule has 10 aliphatic heterocycles. The van der Waals surface area contributed by atoms with Gasteiger partial charge in [0.25, 0.3) is 0 Å². The van der Waals surface area contributed by atoms with Crippen molar-refractivity contribution in [3.05, 3.63) is 59.3 Å². The van der Waals surface area contributed by atoms with E-state index in [0.717, 1.165) is 53.9 Å². The van der Waals surface area contributed by atoms with Gasteiger partial charge in [-0.05, 0) is 68.1 Å². The van der Waals surface area contributed by atoms with Crippen molar-refractivity contribution in [1.29, 1.82) is 5.41 Å². The minimum Gasteiger partial charge on any atom is -0.490 e. The first-order valence-electron chi connectivity index (χ1n) is 19.7. The van der Waals surface area contributed by atoms with Gasteiger partial charge < -0.3 is 54.1 Å². The Balaban J connectivity index is 1.06. The summed E-state index contributed by atoms with van der Waals surface area (Å²) in [5, 5.41) is 19.0. The molecule has 0 radical (unpaired) electrons. The molecule has 0 amide bonds. The van der Waals surface area contributed by atoms with Crippen LogP contribution < -0.4 is 5.73 Å². The molecule has 0 aliphatic carbocycles. The Morgan fingerprint density at radius 1 is 1.04 bits per heavy atom. The van der Waals surface area contributed by atoms with Gasteiger partial charge >= 0.3 is 0 Å². The van der Waals surface area contributed by atoms with E-state index in [1.165, 1.54) is 6.21 Å². The number of allylic oxidation sites excluding steroid dienone is 3. The minimum absolute atomic E-state index is 0.0455. The largest absolute Gasteiger partial charge is 0.490 e. The molecule has 7 saturated heterocycles. The van der Waals surface area contributed by atoms with Crippen LogP contribution in [0.1, 0.15) is 90.4 Å². The minimum atomic E-state index is -1.15. The highest BCUT2D eigenvalue weighted by atomic mass is 16.8. The first-order valence-corrected chi connectivity index (χ1v) is 19.7. The SMILES string of the molecule is C=C1CCC2CC[C@@H]3O/C(=C(\C)C[C@]45C=C6CC7(CO4)OC4(C=N)CC/C(=C/C(=O)CC8CC(CC(O)CN)O[C@H]8CC1O2)O[C@@H]4C(O5)C7O6)CC3=C. The lowest BCUT2D eigenvalue weighted by Gasteiger charge is -2.54. The third-order valence-corrected chi connectivity index (χ3v) is 13.3. The van der Waals surface area contributed by atoms with E-state index < -0.39 is 41.4 Å². The Bertz CT molecular complexity index is 1660. The molecule has 9 unspecified atom stereocenters. The first kappa shape index (κ1) is 35.8. The summed E-state index contributed by atoms with van der Waals surface area (Å²) in [6.45, 7) is 11.2. The molecule has 0 aromatic rings. The van der Waals surface area contributed by atoms with E-state index in [2.05, 4.69) is 20.1 Å². The highest BCUT2D eigenvalue weighted by molar-refractivity contribution is 5.90. The van der Waals surface area contributed by atoms with E-state index in [1.54, 1.807) is 6.08 Å². The molecule has 4 N–H and O–H groups in total. The predicted octanol–water partition coefficient (Wildman–Crippen LogP) is 4.74. The third kappa shape index (κ3) is 6.36. The average molecular weight is 735 g/mol. The molecule has 11 bridgehead atoms. The van der Waals surface area contributed by atoms with Crippen molar-refractivity contribution in [3.8, 4) is 0 Å². The van der Waals surface area contributed by atoms with Gasteiger partial charge in [-0.3, -0.25) is 4.79 Å². The van der Waals surface area contributed by atoms with Crippen LogP contribution in [0.2, 0.25) is 0 Å². The lowest BCUT2D eigenvalue weighted by atomic mass is 9.75. The van der Waals surface area contributed by atoms with Crippen molar-refractivity contribution in [2.45, 2.75) is 162 Å². The maximum absolute atomic E-state index is 13.9. The normalized spacial score (nSPS) is 47.9. The Morgan fingerprint density at radius 3 is 2.72 bits per heavy atom. The van der Waals surface area contributed by atoms with Crippen molar-refractivity contribution in [2.24, 2.45) is 11.7 Å². The maximum Gasteiger partial charge on any atom is 0.195 e. The number of fused-ring (bicyclic) bond motifs is 7. The number of ketones is 1. The van der Waals surface area contributed by atoms with Crippen molar-refractivity contribution >= 4 is 12.0 Å². The van der Waals surface area contributed by atoms with E-state index in [9.17, 15) is 9.90 Å². The third-order valence-electron chi connectivity index (χ3n) is 13.3. The second kappa shape index (κ2) is 13.4. The van der Waals surface area contributed by atoms with Gasteiger partial charge in [0.2, 0.25) is 0 Å². The zero-order valence-electron chi connectivity index (χ0n) is 30.7. The molecule has 0 aromatic carbocycles. The molecular weight excluding hydrogens is 680 g/mol. The number of hydrogen-bond donors (Lipinski definition) is 3. The molecule has 0 aromatic heterocycles. The van der Waals surface area contributed by atoms with E-state index in [0.29, 0.717) is 57.1 Å². The maximum atomic E-state index is 13.9. The molecule has 0 saturated carbocycles. The molecule has 10 rings (SSSR count). The van der Waals surface area contributed by atoms with Crippen LogP contribution >= 0.6 is 0 Å². The molecule has 2 spiro atoms. The lowest BCUT2D eigenvalue weighted by Crippen LogP contribution is -2.71. The summed E-state index contributed by atoms with van der Waals surface area (Å²) < 4.78 is 53.8. The van der Waals surface area contributed by atoms with Crippen LogP contribution in [0.5, 0.6) is 0 Å². The summed E-state index contributed by atoms with van der Waals surface area (Å²) in [6.07, 6.45) is 9.44. The second-order valence-electron chi connectivity index (χ2n) is 17.1. The molecule has 10 aliphatic rings. The predicted molar refractivity (Wildman–Crippen MR) is 192 cm³/mol. The van der Waals surface area contributed by atoms with Crippen LogP contribution in [-0.4, -0.2) is 102 Å². The van der Waals surface area contributed by atoms with Crippen molar-refractivity contribution < 1.29 is 47.8 Å². The Labute approximate surface area is 311 Å². The number of nitrogens with one attached hydrogen (secondary N) is 1. The summed E-state index contributed by atoms with van der Waals surface area (Å²) >= 11 is 0. The van der Waals surface area contributed by atoms with Crippen LogP contribution in [0.15, 0.2) is 59.3 Å². The van der Waals surface area contributed by atoms with Crippen LogP contribution in [0.3, 0.4) is 0 Å². The van der Waals surface area contributed by atoms with Crippen LogP contribution in [0, 0.1) is 11.3 Å². The number of rotatable bonds is 4. The van der Waals surface area contributed by atoms with E-state index in [-0.39, 0.29) is 61.8 Å². The molecule has 12 nitrogen and oxygen atoms in total. The Hall–Kier alpha value is -2.84. The second-order valence-corrected chi connectivity index (χ2v) is 17.1. The fourth-order valence-electron chi connectivity index (χ4n) is 10.5. The zero-order valence-corrected chi connectivity index (χ0v) is 30.7. The van der Waals surface area contributed by atoms with Crippen LogP contribution in [0.25, 0.3) is 0 Å². The molecule has 12 heteroatoms. The fourth-order valence-corrected chi connectivity index (χ4v) is 10.5. The smallest absolute Gasteiger partial charge is 0.195 e. The molecule has 10 heterocycles. The van der Waals surface area contributed by atoms with E-state index in [1.807, 2.05) is 6.08 Å². The van der Waals surface area contributed by atoms with Gasteiger partial charge in [-0.1, -0.05) is 13.2 Å². The highest BCUT2D eigenvalue weighted by Crippen LogP contribution is 2.57. The molecule has 7 fully saturated rings. The van der Waals surface area contributed by atoms with Crippen LogP contribution in [-0.2, 0) is 42.7 Å². The van der Waals surface area contributed by atoms with Gasteiger partial charge in [0.1, 0.15) is 40.7 Å². The molecule has 53 heavy (non-hydrogen) atoms. The van der Waals surface area contributed by atoms with E-state index in [4.69, 9.17) is 49.0 Å². The van der Waals surface area contributed by atoms with Gasteiger partial charge in [-0.2, -0.15) is 0 Å². The standard InChI is InChI=1S/C41H54N2O10/c1-22-4-5-28-6-7-32-23(2)10-33(51-32)24(3)16-41-18-31-17-40(21-46-41)38(50-31)36(52-41)37-39(20-43,53-40)9-8-29(49-37)13-26(44)11-25-12-30(14-27(45)19-42)48-35(25)15-34(22)47-28/h13,18,20,25,27-28,30,32,34-38,43,45H,1-2,4-12,14-17,19,21,42H2,3H3/b29-13-,33-24+,43-20?/t25?,27?,28?,30?,32-,34?,35-,36?,37+,38?,39?,40?,41-/m0/s1. The van der Waals surface area contributed by atoms with Gasteiger partial charge in [0.05, 0.1) is 37.1 Å². The lowest BCUT2D eigenvalue weighted by molar-refractivity contribution is -0.289. The van der Waals surface area contributed by atoms with Crippen LogP contribution in [0.4, 0.5) is 0 Å². The fraction of sp³-hybridized carbons (Fsp3) is 0.707. The highest BCUT2D eigenvalue weighted by Gasteiger charge is 2.71. The monoisotopic (exact) mass is 734 g/mol. The van der Waals surface area contributed by atoms with Gasteiger partial charge in [0, 0.05) is 69.9 Å². The van der Waals surface area contributed by atoms with Gasteiger partial charge in [0.15, 0.2) is 23.8 Å². The number of carbonyl (C=O) groups excluding carboxylic acids is 1.